The minimum atomic E-state index is 0.563. The van der Waals surface area contributed by atoms with E-state index in [9.17, 15) is 0 Å². The highest BCUT2D eigenvalue weighted by Crippen LogP contribution is 2.37. The van der Waals surface area contributed by atoms with Gasteiger partial charge in [0.05, 0.1) is 24.6 Å². The highest BCUT2D eigenvalue weighted by molar-refractivity contribution is 7.98. The molecule has 8 heteroatoms. The quantitative estimate of drug-likeness (QED) is 0.341. The van der Waals surface area contributed by atoms with Crippen molar-refractivity contribution in [1.29, 1.82) is 0 Å². The summed E-state index contributed by atoms with van der Waals surface area (Å²) in [5, 5.41) is 13.9. The van der Waals surface area contributed by atoms with E-state index in [0.717, 1.165) is 42.1 Å². The monoisotopic (exact) mass is 423 g/mol. The van der Waals surface area contributed by atoms with Gasteiger partial charge >= 0.3 is 0 Å². The summed E-state index contributed by atoms with van der Waals surface area (Å²) in [4.78, 5) is 5.79. The lowest BCUT2D eigenvalue weighted by molar-refractivity contribution is 0.957. The van der Waals surface area contributed by atoms with Crippen LogP contribution in [0.4, 0.5) is 0 Å². The largest absolute Gasteiger partial charge is 0.238 e. The fourth-order valence-corrected chi connectivity index (χ4v) is 5.32. The van der Waals surface area contributed by atoms with E-state index >= 15 is 0 Å². The Morgan fingerprint density at radius 2 is 2.00 bits per heavy atom. The van der Waals surface area contributed by atoms with Gasteiger partial charge in [0, 0.05) is 5.75 Å². The highest BCUT2D eigenvalue weighted by atomic mass is 35.5. The van der Waals surface area contributed by atoms with Crippen molar-refractivity contribution >= 4 is 67.9 Å². The summed E-state index contributed by atoms with van der Waals surface area (Å²) >= 11 is 17.0. The minimum Gasteiger partial charge on any atom is -0.238 e. The van der Waals surface area contributed by atoms with Gasteiger partial charge in [0.15, 0.2) is 0 Å². The maximum Gasteiger partial charge on any atom is 0.146 e. The Balaban J connectivity index is 1.68. The minimum absolute atomic E-state index is 0.563. The predicted molar refractivity (Wildman–Crippen MR) is 109 cm³/mol. The number of thiazole rings is 1. The summed E-state index contributed by atoms with van der Waals surface area (Å²) < 4.78 is 1.09. The van der Waals surface area contributed by atoms with Gasteiger partial charge in [-0.3, -0.25) is 0 Å². The number of thiophene rings is 1. The number of hydrogen-bond acceptors (Lipinski definition) is 6. The van der Waals surface area contributed by atoms with Crippen LogP contribution < -0.4 is 0 Å². The molecule has 0 radical (unpaired) electrons. The molecule has 0 aliphatic rings. The summed E-state index contributed by atoms with van der Waals surface area (Å²) in [6.07, 6.45) is 0. The molecule has 126 valence electrons. The fraction of sp³-hybridized carbons (Fsp3) is 0.118. The molecule has 3 nitrogen and oxygen atoms in total. The maximum atomic E-state index is 6.09. The lowest BCUT2D eigenvalue weighted by Crippen LogP contribution is -1.92. The van der Waals surface area contributed by atoms with E-state index in [1.807, 2.05) is 36.6 Å². The highest BCUT2D eigenvalue weighted by Gasteiger charge is 2.16. The predicted octanol–water partition coefficient (Wildman–Crippen LogP) is 6.72. The molecule has 0 amide bonds. The van der Waals surface area contributed by atoms with Crippen LogP contribution in [0.5, 0.6) is 0 Å². The number of hydrogen-bond donors (Lipinski definition) is 0. The maximum absolute atomic E-state index is 6.09. The van der Waals surface area contributed by atoms with Crippen molar-refractivity contribution in [2.24, 2.45) is 0 Å². The molecule has 0 aliphatic heterocycles. The third-order valence-corrected chi connectivity index (χ3v) is 7.13. The third-order valence-electron chi connectivity index (χ3n) is 3.51. The van der Waals surface area contributed by atoms with Crippen LogP contribution in [0.15, 0.2) is 40.7 Å². The summed E-state index contributed by atoms with van der Waals surface area (Å²) in [6, 6.07) is 9.75. The first kappa shape index (κ1) is 17.2. The molecule has 25 heavy (non-hydrogen) atoms. The lowest BCUT2D eigenvalue weighted by Gasteiger charge is -2.05. The molecule has 0 aliphatic carbocycles. The SMILES string of the molecule is Cc1nc2c(SCc3ccc(Cl)c(Cl)c3)nnc(-c3cccs3)c2s1. The molecule has 0 atom stereocenters. The molecule has 0 saturated heterocycles. The Kier molecular flexibility index (Phi) is 4.97. The number of aromatic nitrogens is 3. The van der Waals surface area contributed by atoms with E-state index in [1.54, 1.807) is 34.4 Å². The third kappa shape index (κ3) is 3.55. The average Bonchev–Trinajstić information content (AvgIpc) is 3.24. The van der Waals surface area contributed by atoms with E-state index in [4.69, 9.17) is 23.2 Å². The first-order valence-electron chi connectivity index (χ1n) is 7.36. The van der Waals surface area contributed by atoms with E-state index in [1.165, 1.54) is 0 Å². The number of thioether (sulfide) groups is 1. The first-order valence-corrected chi connectivity index (χ1v) is 10.8. The van der Waals surface area contributed by atoms with Gasteiger partial charge in [0.2, 0.25) is 0 Å². The van der Waals surface area contributed by atoms with Crippen LogP contribution in [0, 0.1) is 6.92 Å². The lowest BCUT2D eigenvalue weighted by atomic mass is 10.2. The molecule has 0 N–H and O–H groups in total. The van der Waals surface area contributed by atoms with Crippen LogP contribution in [-0.2, 0) is 5.75 Å². The van der Waals surface area contributed by atoms with Gasteiger partial charge in [-0.25, -0.2) is 4.98 Å². The molecule has 0 unspecified atom stereocenters. The number of rotatable bonds is 4. The normalized spacial score (nSPS) is 11.3. The summed E-state index contributed by atoms with van der Waals surface area (Å²) in [7, 11) is 0. The van der Waals surface area contributed by atoms with Gasteiger partial charge in [0.1, 0.15) is 16.2 Å². The van der Waals surface area contributed by atoms with Crippen molar-refractivity contribution in [3.8, 4) is 10.6 Å². The molecule has 0 bridgehead atoms. The second kappa shape index (κ2) is 7.21. The molecule has 0 spiro atoms. The molecule has 0 fully saturated rings. The van der Waals surface area contributed by atoms with E-state index in [2.05, 4.69) is 21.2 Å². The molecule has 3 aromatic heterocycles. The molecule has 0 saturated carbocycles. The van der Waals surface area contributed by atoms with Crippen LogP contribution in [-0.4, -0.2) is 15.2 Å². The van der Waals surface area contributed by atoms with Gasteiger partial charge < -0.3 is 0 Å². The van der Waals surface area contributed by atoms with Gasteiger partial charge in [-0.2, -0.15) is 0 Å². The molecule has 4 rings (SSSR count). The van der Waals surface area contributed by atoms with Crippen LogP contribution in [0.25, 0.3) is 20.8 Å². The van der Waals surface area contributed by atoms with Crippen molar-refractivity contribution in [2.75, 3.05) is 0 Å². The second-order valence-corrected chi connectivity index (χ2v) is 9.21. The summed E-state index contributed by atoms with van der Waals surface area (Å²) in [5.41, 5.74) is 2.92. The van der Waals surface area contributed by atoms with Crippen LogP contribution in [0.2, 0.25) is 10.0 Å². The Hall–Kier alpha value is -1.18. The Labute approximate surface area is 167 Å². The van der Waals surface area contributed by atoms with Gasteiger partial charge in [0.25, 0.3) is 0 Å². The van der Waals surface area contributed by atoms with Gasteiger partial charge in [-0.05, 0) is 36.1 Å². The van der Waals surface area contributed by atoms with E-state index in [-0.39, 0.29) is 0 Å². The standard InChI is InChI=1S/C17H11Cl2N3S3/c1-9-20-15-16(25-9)14(13-3-2-6-23-13)21-22-17(15)24-8-10-4-5-11(18)12(19)7-10/h2-7H,8H2,1H3. The van der Waals surface area contributed by atoms with Crippen molar-refractivity contribution in [2.45, 2.75) is 17.7 Å². The molecule has 3 heterocycles. The number of nitrogens with zero attached hydrogens (tertiary/aromatic N) is 3. The molecular formula is C17H11Cl2N3S3. The van der Waals surface area contributed by atoms with Gasteiger partial charge in [-0.15, -0.1) is 32.9 Å². The van der Waals surface area contributed by atoms with Crippen molar-refractivity contribution < 1.29 is 0 Å². The smallest absolute Gasteiger partial charge is 0.146 e. The number of aryl methyl sites for hydroxylation is 1. The zero-order valence-corrected chi connectivity index (χ0v) is 17.0. The van der Waals surface area contributed by atoms with Crippen molar-refractivity contribution in [1.82, 2.24) is 15.2 Å². The number of halogens is 2. The molecule has 4 aromatic rings. The van der Waals surface area contributed by atoms with Crippen molar-refractivity contribution in [3.63, 3.8) is 0 Å². The fourth-order valence-electron chi connectivity index (χ4n) is 2.37. The molecular weight excluding hydrogens is 413 g/mol. The average molecular weight is 424 g/mol. The molecule has 1 aromatic carbocycles. The van der Waals surface area contributed by atoms with Crippen LogP contribution >= 0.6 is 57.6 Å². The zero-order valence-electron chi connectivity index (χ0n) is 13.0. The van der Waals surface area contributed by atoms with E-state index < -0.39 is 0 Å². The van der Waals surface area contributed by atoms with Crippen LogP contribution in [0.3, 0.4) is 0 Å². The topological polar surface area (TPSA) is 38.7 Å². The Morgan fingerprint density at radius 1 is 1.12 bits per heavy atom. The number of benzene rings is 1. The summed E-state index contributed by atoms with van der Waals surface area (Å²) in [5.74, 6) is 0.732. The van der Waals surface area contributed by atoms with Crippen molar-refractivity contribution in [3.05, 3.63) is 56.3 Å². The van der Waals surface area contributed by atoms with Gasteiger partial charge in [-0.1, -0.05) is 47.1 Å². The number of fused-ring (bicyclic) bond motifs is 1. The van der Waals surface area contributed by atoms with E-state index in [0.29, 0.717) is 10.0 Å². The Bertz CT molecular complexity index is 1040. The summed E-state index contributed by atoms with van der Waals surface area (Å²) in [6.45, 7) is 2.01. The van der Waals surface area contributed by atoms with Crippen LogP contribution in [0.1, 0.15) is 10.6 Å². The zero-order chi connectivity index (χ0) is 17.4. The first-order chi connectivity index (χ1) is 12.1. The second-order valence-electron chi connectivity index (χ2n) is 5.28. The Morgan fingerprint density at radius 3 is 2.76 bits per heavy atom.